The maximum absolute atomic E-state index is 12.2. The number of nitrogens with one attached hydrogen (secondary N) is 3. The van der Waals surface area contributed by atoms with Crippen molar-refractivity contribution in [3.8, 4) is 0 Å². The Morgan fingerprint density at radius 1 is 1.15 bits per heavy atom. The average molecular weight is 389 g/mol. The molecule has 152 valence electrons. The maximum atomic E-state index is 12.2. The molecule has 0 aliphatic carbocycles. The number of hydrogen-bond donors (Lipinski definition) is 3. The Kier molecular flexibility index (Phi) is 11.0. The topological polar surface area (TPSA) is 73.5 Å². The highest BCUT2D eigenvalue weighted by Crippen LogP contribution is 2.20. The van der Waals surface area contributed by atoms with Gasteiger partial charge in [-0.2, -0.15) is 0 Å². The second-order valence-corrected chi connectivity index (χ2v) is 8.09. The van der Waals surface area contributed by atoms with Crippen LogP contribution in [0.2, 0.25) is 0 Å². The van der Waals surface area contributed by atoms with Crippen LogP contribution in [0.4, 0.5) is 4.79 Å². The van der Waals surface area contributed by atoms with Gasteiger partial charge >= 0.3 is 6.03 Å². The van der Waals surface area contributed by atoms with Crippen LogP contribution < -0.4 is 16.0 Å². The zero-order valence-electron chi connectivity index (χ0n) is 16.4. The molecule has 3 amide bonds. The standard InChI is InChI=1S/C19H36N4O2.ClH/c1-15(2)12-22-19(25)23-10-4-6-17(14-23)11-18(24)21-9-7-16-5-3-8-20-13-16;/h15-17,20H,3-14H2,1-2H3,(H,21,24)(H,22,25);1H. The fourth-order valence-electron chi connectivity index (χ4n) is 3.74. The van der Waals surface area contributed by atoms with E-state index in [9.17, 15) is 9.59 Å². The summed E-state index contributed by atoms with van der Waals surface area (Å²) in [5, 5.41) is 9.47. The van der Waals surface area contributed by atoms with Gasteiger partial charge in [-0.25, -0.2) is 4.79 Å². The van der Waals surface area contributed by atoms with Crippen LogP contribution in [0, 0.1) is 17.8 Å². The Bertz CT molecular complexity index is 428. The lowest BCUT2D eigenvalue weighted by molar-refractivity contribution is -0.122. The molecule has 6 nitrogen and oxygen atoms in total. The fraction of sp³-hybridized carbons (Fsp3) is 0.895. The summed E-state index contributed by atoms with van der Waals surface area (Å²) in [6.45, 7) is 9.37. The van der Waals surface area contributed by atoms with E-state index in [1.54, 1.807) is 0 Å². The van der Waals surface area contributed by atoms with Crippen LogP contribution >= 0.6 is 12.4 Å². The van der Waals surface area contributed by atoms with Crippen molar-refractivity contribution >= 4 is 24.3 Å². The summed E-state index contributed by atoms with van der Waals surface area (Å²) < 4.78 is 0. The fourth-order valence-corrected chi connectivity index (χ4v) is 3.74. The minimum Gasteiger partial charge on any atom is -0.356 e. The summed E-state index contributed by atoms with van der Waals surface area (Å²) in [6.07, 6.45) is 6.14. The van der Waals surface area contributed by atoms with Crippen LogP contribution in [0.15, 0.2) is 0 Å². The molecule has 2 rings (SSSR count). The van der Waals surface area contributed by atoms with Crippen molar-refractivity contribution in [3.63, 3.8) is 0 Å². The van der Waals surface area contributed by atoms with Gasteiger partial charge in [0.15, 0.2) is 0 Å². The Morgan fingerprint density at radius 2 is 1.92 bits per heavy atom. The number of likely N-dealkylation sites (tertiary alicyclic amines) is 1. The molecule has 0 aromatic rings. The minimum absolute atomic E-state index is 0. The first-order valence-corrected chi connectivity index (χ1v) is 10.0. The number of carbonyl (C=O) groups is 2. The number of amides is 3. The molecule has 2 saturated heterocycles. The van der Waals surface area contributed by atoms with Crippen LogP contribution in [0.1, 0.15) is 52.4 Å². The first-order valence-electron chi connectivity index (χ1n) is 10.0. The van der Waals surface area contributed by atoms with Crippen molar-refractivity contribution < 1.29 is 9.59 Å². The van der Waals surface area contributed by atoms with E-state index in [0.29, 0.717) is 31.3 Å². The van der Waals surface area contributed by atoms with Crippen molar-refractivity contribution in [1.82, 2.24) is 20.9 Å². The first-order chi connectivity index (χ1) is 12.0. The normalized spacial score (nSPS) is 23.3. The second kappa shape index (κ2) is 12.4. The molecule has 0 aromatic heterocycles. The van der Waals surface area contributed by atoms with Crippen molar-refractivity contribution in [2.45, 2.75) is 52.4 Å². The average Bonchev–Trinajstić information content (AvgIpc) is 2.60. The van der Waals surface area contributed by atoms with E-state index in [-0.39, 0.29) is 30.3 Å². The molecule has 2 unspecified atom stereocenters. The summed E-state index contributed by atoms with van der Waals surface area (Å²) >= 11 is 0. The number of urea groups is 1. The molecule has 2 fully saturated rings. The molecule has 26 heavy (non-hydrogen) atoms. The van der Waals surface area contributed by atoms with E-state index in [1.807, 2.05) is 4.90 Å². The monoisotopic (exact) mass is 388 g/mol. The SMILES string of the molecule is CC(C)CNC(=O)N1CCCC(CC(=O)NCCC2CCCNC2)C1.Cl. The summed E-state index contributed by atoms with van der Waals surface area (Å²) in [6, 6.07) is 0.0172. The van der Waals surface area contributed by atoms with Gasteiger partial charge in [-0.05, 0) is 62.9 Å². The lowest BCUT2D eigenvalue weighted by Crippen LogP contribution is -2.47. The molecule has 7 heteroatoms. The highest BCUT2D eigenvalue weighted by molar-refractivity contribution is 5.85. The van der Waals surface area contributed by atoms with E-state index in [2.05, 4.69) is 29.8 Å². The van der Waals surface area contributed by atoms with Crippen molar-refractivity contribution in [2.75, 3.05) is 39.3 Å². The number of carbonyl (C=O) groups excluding carboxylic acids is 2. The lowest BCUT2D eigenvalue weighted by atomic mass is 9.94. The van der Waals surface area contributed by atoms with Gasteiger partial charge in [0.2, 0.25) is 5.91 Å². The van der Waals surface area contributed by atoms with Crippen LogP contribution in [-0.4, -0.2) is 56.1 Å². The Labute approximate surface area is 164 Å². The van der Waals surface area contributed by atoms with E-state index in [1.165, 1.54) is 12.8 Å². The summed E-state index contributed by atoms with van der Waals surface area (Å²) in [7, 11) is 0. The number of halogens is 1. The summed E-state index contributed by atoms with van der Waals surface area (Å²) in [5.74, 6) is 1.58. The van der Waals surface area contributed by atoms with Gasteiger partial charge in [0.1, 0.15) is 0 Å². The molecular formula is C19H37ClN4O2. The van der Waals surface area contributed by atoms with Crippen LogP contribution in [-0.2, 0) is 4.79 Å². The molecule has 0 spiro atoms. The quantitative estimate of drug-likeness (QED) is 0.626. The molecule has 0 saturated carbocycles. The zero-order valence-corrected chi connectivity index (χ0v) is 17.2. The molecule has 2 atom stereocenters. The number of piperidine rings is 2. The molecule has 0 bridgehead atoms. The third kappa shape index (κ3) is 8.58. The van der Waals surface area contributed by atoms with Crippen molar-refractivity contribution in [3.05, 3.63) is 0 Å². The molecule has 3 N–H and O–H groups in total. The largest absolute Gasteiger partial charge is 0.356 e. The maximum Gasteiger partial charge on any atom is 0.317 e. The van der Waals surface area contributed by atoms with Gasteiger partial charge in [-0.3, -0.25) is 4.79 Å². The third-order valence-corrected chi connectivity index (χ3v) is 5.22. The van der Waals surface area contributed by atoms with Gasteiger partial charge < -0.3 is 20.9 Å². The first kappa shape index (κ1) is 23.0. The highest BCUT2D eigenvalue weighted by Gasteiger charge is 2.25. The Hall–Kier alpha value is -1.01. The summed E-state index contributed by atoms with van der Waals surface area (Å²) in [4.78, 5) is 26.3. The number of hydrogen-bond acceptors (Lipinski definition) is 3. The van der Waals surface area contributed by atoms with E-state index >= 15 is 0 Å². The van der Waals surface area contributed by atoms with Gasteiger partial charge in [0, 0.05) is 32.6 Å². The van der Waals surface area contributed by atoms with Crippen LogP contribution in [0.5, 0.6) is 0 Å². The van der Waals surface area contributed by atoms with Crippen molar-refractivity contribution in [2.24, 2.45) is 17.8 Å². The van der Waals surface area contributed by atoms with Crippen LogP contribution in [0.25, 0.3) is 0 Å². The summed E-state index contributed by atoms with van der Waals surface area (Å²) in [5.41, 5.74) is 0. The molecule has 0 aromatic carbocycles. The number of nitrogens with zero attached hydrogens (tertiary/aromatic N) is 1. The molecule has 2 aliphatic rings. The third-order valence-electron chi connectivity index (χ3n) is 5.22. The molecular weight excluding hydrogens is 352 g/mol. The van der Waals surface area contributed by atoms with Gasteiger partial charge in [-0.1, -0.05) is 13.8 Å². The smallest absolute Gasteiger partial charge is 0.317 e. The molecule has 0 radical (unpaired) electrons. The zero-order chi connectivity index (χ0) is 18.1. The van der Waals surface area contributed by atoms with E-state index in [4.69, 9.17) is 0 Å². The van der Waals surface area contributed by atoms with Gasteiger partial charge in [-0.15, -0.1) is 12.4 Å². The lowest BCUT2D eigenvalue weighted by Gasteiger charge is -2.32. The predicted molar refractivity (Wildman–Crippen MR) is 108 cm³/mol. The Morgan fingerprint density at radius 3 is 2.62 bits per heavy atom. The molecule has 2 heterocycles. The highest BCUT2D eigenvalue weighted by atomic mass is 35.5. The van der Waals surface area contributed by atoms with Gasteiger partial charge in [0.25, 0.3) is 0 Å². The van der Waals surface area contributed by atoms with Crippen LogP contribution in [0.3, 0.4) is 0 Å². The minimum atomic E-state index is 0. The second-order valence-electron chi connectivity index (χ2n) is 8.09. The Balaban J connectivity index is 0.00000338. The van der Waals surface area contributed by atoms with Gasteiger partial charge in [0.05, 0.1) is 0 Å². The molecule has 2 aliphatic heterocycles. The van der Waals surface area contributed by atoms with Crippen molar-refractivity contribution in [1.29, 1.82) is 0 Å². The predicted octanol–water partition coefficient (Wildman–Crippen LogP) is 2.38. The number of rotatable bonds is 7. The van der Waals surface area contributed by atoms with E-state index < -0.39 is 0 Å². The van der Waals surface area contributed by atoms with E-state index in [0.717, 1.165) is 45.4 Å².